The first-order chi connectivity index (χ1) is 7.64. The number of nitrogens with two attached hydrogens (primary N) is 1. The molecule has 0 aliphatic carbocycles. The molecule has 0 saturated carbocycles. The molecule has 0 atom stereocenters. The zero-order valence-corrected chi connectivity index (χ0v) is 9.46. The lowest BCUT2D eigenvalue weighted by atomic mass is 10.0. The molecule has 0 heterocycles. The van der Waals surface area contributed by atoms with Crippen molar-refractivity contribution in [2.75, 3.05) is 6.54 Å². The molecule has 0 bridgehead atoms. The fourth-order valence-electron chi connectivity index (χ4n) is 1.69. The fraction of sp³-hybridized carbons (Fsp3) is 0.538. The largest absolute Gasteiger partial charge is 0.330 e. The van der Waals surface area contributed by atoms with Crippen LogP contribution in [-0.2, 0) is 6.42 Å². The van der Waals surface area contributed by atoms with Gasteiger partial charge in [-0.1, -0.05) is 36.8 Å². The quantitative estimate of drug-likeness (QED) is 0.710. The van der Waals surface area contributed by atoms with Crippen LogP contribution in [0.15, 0.2) is 30.3 Å². The third kappa shape index (κ3) is 5.21. The van der Waals surface area contributed by atoms with E-state index < -0.39 is 5.92 Å². The van der Waals surface area contributed by atoms with Crippen LogP contribution in [0.25, 0.3) is 0 Å². The maximum absolute atomic E-state index is 13.5. The van der Waals surface area contributed by atoms with E-state index in [1.165, 1.54) is 0 Å². The van der Waals surface area contributed by atoms with Crippen molar-refractivity contribution in [2.45, 2.75) is 38.0 Å². The number of unbranched alkanes of at least 4 members (excludes halogenated alkanes) is 2. The molecule has 1 aromatic carbocycles. The molecule has 90 valence electrons. The van der Waals surface area contributed by atoms with E-state index in [1.54, 1.807) is 24.3 Å². The van der Waals surface area contributed by atoms with Gasteiger partial charge in [-0.15, -0.1) is 0 Å². The van der Waals surface area contributed by atoms with Gasteiger partial charge in [-0.2, -0.15) is 0 Å². The van der Waals surface area contributed by atoms with Crippen molar-refractivity contribution in [3.05, 3.63) is 35.9 Å². The normalized spacial score (nSPS) is 11.7. The molecule has 1 rings (SSSR count). The summed E-state index contributed by atoms with van der Waals surface area (Å²) in [5, 5.41) is 0. The Labute approximate surface area is 95.7 Å². The molecule has 0 aliphatic rings. The number of hydrogen-bond donors (Lipinski definition) is 1. The van der Waals surface area contributed by atoms with Crippen LogP contribution in [-0.4, -0.2) is 12.5 Å². The molecule has 1 aromatic rings. The van der Waals surface area contributed by atoms with Gasteiger partial charge in [0.15, 0.2) is 0 Å². The van der Waals surface area contributed by atoms with E-state index in [-0.39, 0.29) is 12.8 Å². The van der Waals surface area contributed by atoms with E-state index in [0.29, 0.717) is 18.5 Å². The Balaban J connectivity index is 2.33. The van der Waals surface area contributed by atoms with E-state index >= 15 is 0 Å². The minimum atomic E-state index is -2.59. The highest BCUT2D eigenvalue weighted by Gasteiger charge is 2.28. The minimum Gasteiger partial charge on any atom is -0.330 e. The second kappa shape index (κ2) is 6.59. The van der Waals surface area contributed by atoms with Crippen molar-refractivity contribution in [2.24, 2.45) is 5.73 Å². The highest BCUT2D eigenvalue weighted by atomic mass is 19.3. The SMILES string of the molecule is NCCCCCC(F)(F)Cc1ccccc1. The van der Waals surface area contributed by atoms with Gasteiger partial charge < -0.3 is 5.73 Å². The van der Waals surface area contributed by atoms with Gasteiger partial charge in [0.05, 0.1) is 0 Å². The zero-order valence-electron chi connectivity index (χ0n) is 9.46. The first kappa shape index (κ1) is 13.1. The Morgan fingerprint density at radius 3 is 2.31 bits per heavy atom. The Kier molecular flexibility index (Phi) is 5.39. The van der Waals surface area contributed by atoms with Crippen LogP contribution in [0.4, 0.5) is 8.78 Å². The van der Waals surface area contributed by atoms with Crippen molar-refractivity contribution in [1.29, 1.82) is 0 Å². The summed E-state index contributed by atoms with van der Waals surface area (Å²) in [7, 11) is 0. The van der Waals surface area contributed by atoms with Crippen LogP contribution in [0.1, 0.15) is 31.2 Å². The Bertz CT molecular complexity index is 285. The highest BCUT2D eigenvalue weighted by molar-refractivity contribution is 5.16. The molecule has 2 N–H and O–H groups in total. The summed E-state index contributed by atoms with van der Waals surface area (Å²) in [6.07, 6.45) is 1.98. The number of halogens is 2. The second-order valence-electron chi connectivity index (χ2n) is 4.12. The molecule has 0 aromatic heterocycles. The van der Waals surface area contributed by atoms with E-state index in [1.807, 2.05) is 6.07 Å². The van der Waals surface area contributed by atoms with Gasteiger partial charge in [0, 0.05) is 12.8 Å². The van der Waals surface area contributed by atoms with E-state index in [9.17, 15) is 8.78 Å². The Hall–Kier alpha value is -0.960. The predicted molar refractivity (Wildman–Crippen MR) is 62.6 cm³/mol. The van der Waals surface area contributed by atoms with Crippen molar-refractivity contribution < 1.29 is 8.78 Å². The molecule has 0 radical (unpaired) electrons. The Morgan fingerprint density at radius 2 is 1.69 bits per heavy atom. The average Bonchev–Trinajstić information content (AvgIpc) is 2.25. The fourth-order valence-corrected chi connectivity index (χ4v) is 1.69. The summed E-state index contributed by atoms with van der Waals surface area (Å²) in [5.74, 6) is -2.59. The van der Waals surface area contributed by atoms with Gasteiger partial charge >= 0.3 is 0 Å². The topological polar surface area (TPSA) is 26.0 Å². The van der Waals surface area contributed by atoms with E-state index in [4.69, 9.17) is 5.73 Å². The van der Waals surface area contributed by atoms with Crippen LogP contribution >= 0.6 is 0 Å². The van der Waals surface area contributed by atoms with Gasteiger partial charge in [0.2, 0.25) is 0 Å². The third-order valence-electron chi connectivity index (χ3n) is 2.55. The van der Waals surface area contributed by atoms with Crippen LogP contribution in [0.2, 0.25) is 0 Å². The molecule has 16 heavy (non-hydrogen) atoms. The van der Waals surface area contributed by atoms with Crippen LogP contribution in [0.3, 0.4) is 0 Å². The molecule has 0 fully saturated rings. The molecule has 0 aliphatic heterocycles. The summed E-state index contributed by atoms with van der Waals surface area (Å²) in [6.45, 7) is 0.588. The standard InChI is InChI=1S/C13H19F2N/c14-13(15,9-5-2-6-10-16)11-12-7-3-1-4-8-12/h1,3-4,7-8H,2,5-6,9-11,16H2. The maximum Gasteiger partial charge on any atom is 0.252 e. The number of hydrogen-bond acceptors (Lipinski definition) is 1. The minimum absolute atomic E-state index is 0.0398. The van der Waals surface area contributed by atoms with Gasteiger partial charge in [-0.05, 0) is 24.9 Å². The first-order valence-electron chi connectivity index (χ1n) is 5.76. The molecular formula is C13H19F2N. The lowest BCUT2D eigenvalue weighted by Crippen LogP contribution is -2.19. The molecule has 0 saturated heterocycles. The Morgan fingerprint density at radius 1 is 1.00 bits per heavy atom. The smallest absolute Gasteiger partial charge is 0.252 e. The van der Waals surface area contributed by atoms with Gasteiger partial charge in [-0.25, -0.2) is 8.78 Å². The van der Waals surface area contributed by atoms with Crippen LogP contribution in [0, 0.1) is 0 Å². The van der Waals surface area contributed by atoms with Crippen molar-refractivity contribution in [1.82, 2.24) is 0 Å². The molecular weight excluding hydrogens is 208 g/mol. The van der Waals surface area contributed by atoms with Gasteiger partial charge in [0.1, 0.15) is 0 Å². The summed E-state index contributed by atoms with van der Waals surface area (Å²) >= 11 is 0. The lowest BCUT2D eigenvalue weighted by molar-refractivity contribution is -0.00943. The van der Waals surface area contributed by atoms with E-state index in [2.05, 4.69) is 0 Å². The van der Waals surface area contributed by atoms with Gasteiger partial charge in [-0.3, -0.25) is 0 Å². The zero-order chi connectivity index (χ0) is 11.9. The second-order valence-corrected chi connectivity index (χ2v) is 4.12. The molecule has 0 amide bonds. The van der Waals surface area contributed by atoms with E-state index in [0.717, 1.165) is 12.8 Å². The van der Waals surface area contributed by atoms with Crippen molar-refractivity contribution >= 4 is 0 Å². The van der Waals surface area contributed by atoms with Crippen molar-refractivity contribution in [3.63, 3.8) is 0 Å². The summed E-state index contributed by atoms with van der Waals surface area (Å²) in [5.41, 5.74) is 6.01. The van der Waals surface area contributed by atoms with Gasteiger partial charge in [0.25, 0.3) is 5.92 Å². The van der Waals surface area contributed by atoms with Crippen molar-refractivity contribution in [3.8, 4) is 0 Å². The summed E-state index contributed by atoms with van der Waals surface area (Å²) in [6, 6.07) is 8.91. The number of rotatable bonds is 7. The highest BCUT2D eigenvalue weighted by Crippen LogP contribution is 2.26. The number of benzene rings is 1. The molecule has 0 unspecified atom stereocenters. The predicted octanol–water partition coefficient (Wildman–Crippen LogP) is 3.38. The third-order valence-corrected chi connectivity index (χ3v) is 2.55. The maximum atomic E-state index is 13.5. The molecule has 3 heteroatoms. The summed E-state index contributed by atoms with van der Waals surface area (Å²) in [4.78, 5) is 0. The monoisotopic (exact) mass is 227 g/mol. The molecule has 1 nitrogen and oxygen atoms in total. The molecule has 0 spiro atoms. The average molecular weight is 227 g/mol. The number of alkyl halides is 2. The first-order valence-corrected chi connectivity index (χ1v) is 5.76. The summed E-state index contributed by atoms with van der Waals surface area (Å²) < 4.78 is 27.0. The van der Waals surface area contributed by atoms with Crippen LogP contribution in [0.5, 0.6) is 0 Å². The lowest BCUT2D eigenvalue weighted by Gasteiger charge is -2.16. The van der Waals surface area contributed by atoms with Crippen LogP contribution < -0.4 is 5.73 Å².